The van der Waals surface area contributed by atoms with Gasteiger partial charge in [-0.25, -0.2) is 4.79 Å². The minimum absolute atomic E-state index is 1.30. The predicted molar refractivity (Wildman–Crippen MR) is 26.4 cm³/mol. The van der Waals surface area contributed by atoms with Gasteiger partial charge >= 0.3 is 6.09 Å². The van der Waals surface area contributed by atoms with E-state index in [0.717, 1.165) is 0 Å². The van der Waals surface area contributed by atoms with Gasteiger partial charge < -0.3 is 9.66 Å². The molecule has 1 atom stereocenters. The highest BCUT2D eigenvalue weighted by Crippen LogP contribution is 1.75. The van der Waals surface area contributed by atoms with Crippen molar-refractivity contribution in [2.24, 2.45) is 4.36 Å². The lowest BCUT2D eigenvalue weighted by Gasteiger charge is -1.80. The van der Waals surface area contributed by atoms with Gasteiger partial charge in [-0.3, -0.25) is 0 Å². The maximum absolute atomic E-state index is 9.49. The third-order valence-electron chi connectivity index (χ3n) is 0.210. The highest BCUT2D eigenvalue weighted by molar-refractivity contribution is 7.81. The fourth-order valence-electron chi connectivity index (χ4n) is 0.113. The van der Waals surface area contributed by atoms with E-state index in [1.165, 1.54) is 6.26 Å². The normalized spacial score (nSPS) is 14.0. The minimum Gasteiger partial charge on any atom is -0.463 e. The monoisotopic (exact) mass is 123 g/mol. The molecule has 0 rings (SSSR count). The Kier molecular flexibility index (Phi) is 2.54. The summed E-state index contributed by atoms with van der Waals surface area (Å²) < 4.78 is 11.0. The quantitative estimate of drug-likeness (QED) is 0.494. The van der Waals surface area contributed by atoms with E-state index in [-0.39, 0.29) is 0 Å². The smallest absolute Gasteiger partial charge is 0.439 e. The minimum atomic E-state index is -1.33. The van der Waals surface area contributed by atoms with Crippen LogP contribution in [-0.4, -0.2) is 22.0 Å². The lowest BCUT2D eigenvalue weighted by Crippen LogP contribution is -1.88. The Labute approximate surface area is 43.1 Å². The number of carbonyl (C=O) groups is 1. The van der Waals surface area contributed by atoms with Crippen molar-refractivity contribution in [1.29, 1.82) is 0 Å². The molecule has 0 aliphatic rings. The fraction of sp³-hybridized carbons (Fsp3) is 0.500. The number of rotatable bonds is 0. The molecular weight excluding hydrogens is 118 g/mol. The zero-order valence-corrected chi connectivity index (χ0v) is 4.47. The van der Waals surface area contributed by atoms with Crippen molar-refractivity contribution in [2.45, 2.75) is 0 Å². The van der Waals surface area contributed by atoms with Crippen LogP contribution >= 0.6 is 0 Å². The van der Waals surface area contributed by atoms with E-state index < -0.39 is 17.1 Å². The molecule has 0 spiro atoms. The molecule has 0 radical (unpaired) electrons. The predicted octanol–water partition coefficient (Wildman–Crippen LogP) is 0.569. The average molecular weight is 123 g/mol. The molecule has 0 aromatic rings. The van der Waals surface area contributed by atoms with Crippen LogP contribution in [0.4, 0.5) is 4.79 Å². The first-order valence-corrected chi connectivity index (χ1v) is 2.97. The van der Waals surface area contributed by atoms with E-state index in [9.17, 15) is 4.79 Å². The van der Waals surface area contributed by atoms with Crippen molar-refractivity contribution in [2.75, 3.05) is 6.26 Å². The number of carboxylic acid groups (broad SMARTS) is 1. The first-order valence-electron chi connectivity index (χ1n) is 1.42. The Hall–Kier alpha value is -0.420. The van der Waals surface area contributed by atoms with Crippen molar-refractivity contribution in [3.05, 3.63) is 0 Å². The molecule has 1 amide bonds. The van der Waals surface area contributed by atoms with Gasteiger partial charge in [0.2, 0.25) is 0 Å². The molecule has 0 heterocycles. The maximum Gasteiger partial charge on any atom is 0.439 e. The third kappa shape index (κ3) is 5.58. The second kappa shape index (κ2) is 2.70. The molecule has 0 aliphatic carbocycles. The van der Waals surface area contributed by atoms with Crippen LogP contribution < -0.4 is 0 Å². The zero-order chi connectivity index (χ0) is 5.86. The molecule has 2 N–H and O–H groups in total. The summed E-state index contributed by atoms with van der Waals surface area (Å²) in [5.74, 6) is 0. The van der Waals surface area contributed by atoms with Gasteiger partial charge in [0.05, 0.1) is 0 Å². The van der Waals surface area contributed by atoms with E-state index in [0.29, 0.717) is 0 Å². The van der Waals surface area contributed by atoms with Crippen LogP contribution in [0.1, 0.15) is 0 Å². The van der Waals surface area contributed by atoms with Crippen molar-refractivity contribution in [1.82, 2.24) is 0 Å². The molecule has 0 saturated heterocycles. The summed E-state index contributed by atoms with van der Waals surface area (Å²) in [5, 5.41) is 7.76. The van der Waals surface area contributed by atoms with Crippen LogP contribution in [0.2, 0.25) is 0 Å². The topological polar surface area (TPSA) is 69.9 Å². The highest BCUT2D eigenvalue weighted by Gasteiger charge is 1.85. The SMILES string of the molecule is C/S(O)=N/C(=O)O. The van der Waals surface area contributed by atoms with Gasteiger partial charge in [-0.05, 0) is 0 Å². The summed E-state index contributed by atoms with van der Waals surface area (Å²) in [6.07, 6.45) is -0.0259. The standard InChI is InChI=1S/C2H5NO3S/c1-7(6)3-2(4)5/h1H3,(H,3,6)(H,4,5). The fourth-order valence-corrected chi connectivity index (χ4v) is 0.339. The van der Waals surface area contributed by atoms with E-state index in [1.54, 1.807) is 0 Å². The molecule has 42 valence electrons. The Bertz CT molecular complexity index is 106. The van der Waals surface area contributed by atoms with Crippen LogP contribution in [0.15, 0.2) is 4.36 Å². The van der Waals surface area contributed by atoms with E-state index in [2.05, 4.69) is 4.36 Å². The number of amides is 1. The Morgan fingerprint density at radius 1 is 1.86 bits per heavy atom. The molecule has 0 aromatic heterocycles. The molecule has 7 heavy (non-hydrogen) atoms. The highest BCUT2D eigenvalue weighted by atomic mass is 32.2. The maximum atomic E-state index is 9.49. The average Bonchev–Trinajstić information content (AvgIpc) is 1.27. The molecular formula is C2H5NO3S. The van der Waals surface area contributed by atoms with Gasteiger partial charge in [-0.2, -0.15) is 0 Å². The summed E-state index contributed by atoms with van der Waals surface area (Å²) in [7, 11) is -1.32. The van der Waals surface area contributed by atoms with Crippen molar-refractivity contribution >= 4 is 17.1 Å². The second-order valence-electron chi connectivity index (χ2n) is 0.821. The van der Waals surface area contributed by atoms with Crippen molar-refractivity contribution in [3.8, 4) is 0 Å². The van der Waals surface area contributed by atoms with Crippen LogP contribution in [-0.2, 0) is 11.0 Å². The van der Waals surface area contributed by atoms with Gasteiger partial charge in [0.25, 0.3) is 0 Å². The largest absolute Gasteiger partial charge is 0.463 e. The van der Waals surface area contributed by atoms with E-state index in [1.807, 2.05) is 0 Å². The summed E-state index contributed by atoms with van der Waals surface area (Å²) in [6, 6.07) is 0. The molecule has 0 saturated carbocycles. The summed E-state index contributed by atoms with van der Waals surface area (Å²) in [5.41, 5.74) is 0. The lowest BCUT2D eigenvalue weighted by atomic mass is 11.3. The van der Waals surface area contributed by atoms with Crippen LogP contribution in [0.3, 0.4) is 0 Å². The molecule has 4 nitrogen and oxygen atoms in total. The molecule has 1 unspecified atom stereocenters. The lowest BCUT2D eigenvalue weighted by molar-refractivity contribution is 0.206. The Balaban J connectivity index is 3.68. The molecule has 0 aliphatic heterocycles. The van der Waals surface area contributed by atoms with Crippen LogP contribution in [0, 0.1) is 0 Å². The Morgan fingerprint density at radius 2 is 2.29 bits per heavy atom. The molecule has 0 fully saturated rings. The van der Waals surface area contributed by atoms with Gasteiger partial charge in [-0.1, -0.05) is 0 Å². The first kappa shape index (κ1) is 6.58. The van der Waals surface area contributed by atoms with Gasteiger partial charge in [0, 0.05) is 17.2 Å². The Morgan fingerprint density at radius 3 is 2.29 bits per heavy atom. The summed E-state index contributed by atoms with van der Waals surface area (Å²) in [6.45, 7) is 0. The summed E-state index contributed by atoms with van der Waals surface area (Å²) >= 11 is 0. The molecule has 5 heteroatoms. The van der Waals surface area contributed by atoms with Crippen molar-refractivity contribution < 1.29 is 14.5 Å². The van der Waals surface area contributed by atoms with Crippen molar-refractivity contribution in [3.63, 3.8) is 0 Å². The zero-order valence-electron chi connectivity index (χ0n) is 3.66. The number of nitrogens with zero attached hydrogens (tertiary/aromatic N) is 1. The molecule has 0 aromatic carbocycles. The van der Waals surface area contributed by atoms with Gasteiger partial charge in [0.15, 0.2) is 0 Å². The molecule has 0 bridgehead atoms. The van der Waals surface area contributed by atoms with Gasteiger partial charge in [0.1, 0.15) is 0 Å². The summed E-state index contributed by atoms with van der Waals surface area (Å²) in [4.78, 5) is 9.49. The number of hydrogen-bond donors (Lipinski definition) is 2. The van der Waals surface area contributed by atoms with Crippen LogP contribution in [0.5, 0.6) is 0 Å². The second-order valence-corrected chi connectivity index (χ2v) is 1.90. The van der Waals surface area contributed by atoms with E-state index in [4.69, 9.17) is 9.66 Å². The van der Waals surface area contributed by atoms with Gasteiger partial charge in [-0.15, -0.1) is 4.36 Å². The van der Waals surface area contributed by atoms with Crippen LogP contribution in [0.25, 0.3) is 0 Å². The van der Waals surface area contributed by atoms with E-state index >= 15 is 0 Å². The number of hydrogen-bond acceptors (Lipinski definition) is 1. The third-order valence-corrected chi connectivity index (χ3v) is 0.631. The first-order chi connectivity index (χ1) is 3.13.